The fraction of sp³-hybridized carbons (Fsp3) is 0.300. The molecule has 2 atom stereocenters. The number of carbonyl (C=O) groups is 1. The Morgan fingerprint density at radius 3 is 2.67 bits per heavy atom. The number of amides is 1. The fourth-order valence-corrected chi connectivity index (χ4v) is 5.07. The number of hydrogen-bond acceptors (Lipinski definition) is 7. The van der Waals surface area contributed by atoms with E-state index in [1.807, 2.05) is 31.2 Å². The maximum atomic E-state index is 13.5. The quantitative estimate of drug-likeness (QED) is 0.306. The molecule has 0 bridgehead atoms. The molecule has 0 fully saturated rings. The van der Waals surface area contributed by atoms with Crippen molar-refractivity contribution >= 4 is 17.5 Å². The first-order valence-electron chi connectivity index (χ1n) is 13.3. The number of anilines is 2. The smallest absolute Gasteiger partial charge is 0.294 e. The van der Waals surface area contributed by atoms with Crippen LogP contribution in [0.5, 0.6) is 0 Å². The number of nitrogens with one attached hydrogen (secondary N) is 2. The van der Waals surface area contributed by atoms with Crippen molar-refractivity contribution < 1.29 is 4.79 Å². The molecule has 0 spiro atoms. The summed E-state index contributed by atoms with van der Waals surface area (Å²) in [4.78, 5) is 39.9. The zero-order valence-corrected chi connectivity index (χ0v) is 22.2. The van der Waals surface area contributed by atoms with E-state index in [1.54, 1.807) is 23.0 Å². The van der Waals surface area contributed by atoms with Crippen molar-refractivity contribution in [2.24, 2.45) is 0 Å². The number of aryl methyl sites for hydroxylation is 3. The van der Waals surface area contributed by atoms with Crippen LogP contribution in [0, 0.1) is 6.92 Å². The number of aromatic nitrogens is 4. The molecule has 2 unspecified atom stereocenters. The van der Waals surface area contributed by atoms with Gasteiger partial charge in [0.25, 0.3) is 5.56 Å². The van der Waals surface area contributed by atoms with Crippen LogP contribution in [0.3, 0.4) is 0 Å². The molecular formula is C30H33N7O2. The monoisotopic (exact) mass is 523 g/mol. The number of nitrogens with zero attached hydrogens (tertiary/aromatic N) is 4. The van der Waals surface area contributed by atoms with Crippen molar-refractivity contribution in [3.05, 3.63) is 111 Å². The molecule has 0 saturated carbocycles. The Bertz CT molecular complexity index is 1520. The van der Waals surface area contributed by atoms with Crippen molar-refractivity contribution in [2.45, 2.75) is 51.6 Å². The summed E-state index contributed by atoms with van der Waals surface area (Å²) in [6, 6.07) is 17.3. The van der Waals surface area contributed by atoms with Crippen LogP contribution in [-0.4, -0.2) is 32.0 Å². The lowest BCUT2D eigenvalue weighted by Gasteiger charge is -2.19. The first-order valence-corrected chi connectivity index (χ1v) is 13.3. The molecule has 0 aliphatic carbocycles. The molecule has 5 rings (SSSR count). The van der Waals surface area contributed by atoms with E-state index >= 15 is 0 Å². The van der Waals surface area contributed by atoms with Gasteiger partial charge in [0.05, 0.1) is 0 Å². The summed E-state index contributed by atoms with van der Waals surface area (Å²) in [6.07, 6.45) is 5.59. The largest absolute Gasteiger partial charge is 0.384 e. The minimum atomic E-state index is -0.591. The SMILES string of the molecule is CCc1ccc(C(CNc2ncc3n(c2=O)C(C(=O)NCc2ccc(N)nc2C)CC3)c2ccccn2)cc1. The number of rotatable bonds is 9. The van der Waals surface area contributed by atoms with Gasteiger partial charge in [0.2, 0.25) is 5.91 Å². The molecule has 0 saturated heterocycles. The Hall–Kier alpha value is -4.53. The Balaban J connectivity index is 1.34. The highest BCUT2D eigenvalue weighted by Crippen LogP contribution is 2.26. The zero-order valence-electron chi connectivity index (χ0n) is 22.2. The van der Waals surface area contributed by atoms with E-state index in [9.17, 15) is 9.59 Å². The number of nitrogens with two attached hydrogens (primary N) is 1. The van der Waals surface area contributed by atoms with Crippen molar-refractivity contribution in [1.82, 2.24) is 24.8 Å². The molecular weight excluding hydrogens is 490 g/mol. The maximum absolute atomic E-state index is 13.5. The van der Waals surface area contributed by atoms with E-state index in [0.717, 1.165) is 34.6 Å². The summed E-state index contributed by atoms with van der Waals surface area (Å²) in [5.74, 6) is 0.386. The molecule has 1 aliphatic rings. The number of pyridine rings is 2. The maximum Gasteiger partial charge on any atom is 0.294 e. The second-order valence-electron chi connectivity index (χ2n) is 9.81. The third-order valence-electron chi connectivity index (χ3n) is 7.34. The van der Waals surface area contributed by atoms with Crippen molar-refractivity contribution in [3.63, 3.8) is 0 Å². The van der Waals surface area contributed by atoms with Gasteiger partial charge in [-0.1, -0.05) is 43.3 Å². The lowest BCUT2D eigenvalue weighted by Crippen LogP contribution is -2.36. The molecule has 200 valence electrons. The van der Waals surface area contributed by atoms with Crippen LogP contribution in [0.2, 0.25) is 0 Å². The molecule has 1 aromatic carbocycles. The topological polar surface area (TPSA) is 128 Å². The van der Waals surface area contributed by atoms with Crippen LogP contribution >= 0.6 is 0 Å². The molecule has 4 aromatic rings. The molecule has 4 N–H and O–H groups in total. The van der Waals surface area contributed by atoms with Gasteiger partial charge < -0.3 is 16.4 Å². The Morgan fingerprint density at radius 1 is 1.13 bits per heavy atom. The van der Waals surface area contributed by atoms with Crippen molar-refractivity contribution in [1.29, 1.82) is 0 Å². The molecule has 1 amide bonds. The summed E-state index contributed by atoms with van der Waals surface area (Å²) in [7, 11) is 0. The number of nitrogen functional groups attached to an aromatic ring is 1. The predicted molar refractivity (Wildman–Crippen MR) is 151 cm³/mol. The van der Waals surface area contributed by atoms with Crippen LogP contribution in [0.15, 0.2) is 71.8 Å². The highest BCUT2D eigenvalue weighted by Gasteiger charge is 2.31. The van der Waals surface area contributed by atoms with Gasteiger partial charge in [-0.3, -0.25) is 19.1 Å². The van der Waals surface area contributed by atoms with E-state index in [4.69, 9.17) is 5.73 Å². The molecule has 3 aromatic heterocycles. The van der Waals surface area contributed by atoms with E-state index in [0.29, 0.717) is 31.7 Å². The van der Waals surface area contributed by atoms with E-state index in [1.165, 1.54) is 5.56 Å². The third kappa shape index (κ3) is 5.67. The Morgan fingerprint density at radius 2 is 1.95 bits per heavy atom. The predicted octanol–water partition coefficient (Wildman–Crippen LogP) is 3.53. The summed E-state index contributed by atoms with van der Waals surface area (Å²) in [5.41, 5.74) is 11.1. The van der Waals surface area contributed by atoms with E-state index in [2.05, 4.69) is 56.8 Å². The van der Waals surface area contributed by atoms with Gasteiger partial charge >= 0.3 is 0 Å². The first-order chi connectivity index (χ1) is 18.9. The average Bonchev–Trinajstić information content (AvgIpc) is 3.40. The van der Waals surface area contributed by atoms with Gasteiger partial charge in [-0.15, -0.1) is 0 Å². The minimum Gasteiger partial charge on any atom is -0.384 e. The van der Waals surface area contributed by atoms with Crippen molar-refractivity contribution in [3.8, 4) is 0 Å². The number of carbonyl (C=O) groups excluding carboxylic acids is 1. The van der Waals surface area contributed by atoms with Crippen LogP contribution in [0.4, 0.5) is 11.6 Å². The van der Waals surface area contributed by atoms with Gasteiger partial charge in [-0.25, -0.2) is 9.97 Å². The summed E-state index contributed by atoms with van der Waals surface area (Å²) in [5, 5.41) is 6.22. The number of fused-ring (bicyclic) bond motifs is 1. The van der Waals surface area contributed by atoms with E-state index < -0.39 is 6.04 Å². The van der Waals surface area contributed by atoms with Crippen molar-refractivity contribution in [2.75, 3.05) is 17.6 Å². The van der Waals surface area contributed by atoms with Gasteiger partial charge in [-0.05, 0) is 61.1 Å². The summed E-state index contributed by atoms with van der Waals surface area (Å²) >= 11 is 0. The first kappa shape index (κ1) is 26.1. The lowest BCUT2D eigenvalue weighted by molar-refractivity contribution is -0.124. The molecule has 9 nitrogen and oxygen atoms in total. The number of benzene rings is 1. The van der Waals surface area contributed by atoms with Crippen LogP contribution in [0.1, 0.15) is 59.1 Å². The number of hydrogen-bond donors (Lipinski definition) is 3. The average molecular weight is 524 g/mol. The second-order valence-corrected chi connectivity index (χ2v) is 9.81. The molecule has 0 radical (unpaired) electrons. The minimum absolute atomic E-state index is 0.0765. The molecule has 4 heterocycles. The normalized spacial score (nSPS) is 15.0. The summed E-state index contributed by atoms with van der Waals surface area (Å²) in [6.45, 7) is 4.73. The lowest BCUT2D eigenvalue weighted by atomic mass is 9.94. The van der Waals surface area contributed by atoms with Gasteiger partial charge in [-0.2, -0.15) is 0 Å². The molecule has 9 heteroatoms. The fourth-order valence-electron chi connectivity index (χ4n) is 5.07. The van der Waals surface area contributed by atoms with Crippen LogP contribution < -0.4 is 21.9 Å². The highest BCUT2D eigenvalue weighted by atomic mass is 16.2. The van der Waals surface area contributed by atoms with E-state index in [-0.39, 0.29) is 23.2 Å². The Kier molecular flexibility index (Phi) is 7.67. The van der Waals surface area contributed by atoms with Crippen LogP contribution in [0.25, 0.3) is 0 Å². The van der Waals surface area contributed by atoms with Gasteiger partial charge in [0.1, 0.15) is 11.9 Å². The highest BCUT2D eigenvalue weighted by molar-refractivity contribution is 5.81. The third-order valence-corrected chi connectivity index (χ3v) is 7.34. The molecule has 39 heavy (non-hydrogen) atoms. The van der Waals surface area contributed by atoms with Crippen LogP contribution in [-0.2, 0) is 24.2 Å². The van der Waals surface area contributed by atoms with Gasteiger partial charge in [0, 0.05) is 48.5 Å². The standard InChI is InChI=1S/C30H33N7O2/c1-3-20-7-9-21(10-8-20)24(25-6-4-5-15-32-25)18-34-28-30(39)37-23(17-33-28)12-13-26(37)29(38)35-16-22-11-14-27(31)36-19(22)2/h4-11,14-15,17,24,26H,3,12-13,16,18H2,1-2H3,(H2,31,36)(H,33,34)(H,35,38). The van der Waals surface area contributed by atoms with Gasteiger partial charge in [0.15, 0.2) is 5.82 Å². The second kappa shape index (κ2) is 11.5. The summed E-state index contributed by atoms with van der Waals surface area (Å²) < 4.78 is 1.57. The Labute approximate surface area is 227 Å². The zero-order chi connectivity index (χ0) is 27.4. The molecule has 1 aliphatic heterocycles.